The predicted octanol–water partition coefficient (Wildman–Crippen LogP) is 4.97. The smallest absolute Gasteiger partial charge is 0.252 e. The Bertz CT molecular complexity index is 899. The lowest BCUT2D eigenvalue weighted by atomic mass is 10.0. The SMILES string of the molecule is CCOc1ccccc1CCCNC(=O)/C(=C/c1ccco1)c1ccccc1. The van der Waals surface area contributed by atoms with E-state index < -0.39 is 0 Å². The fraction of sp³-hybridized carbons (Fsp3) is 0.208. The van der Waals surface area contributed by atoms with Crippen molar-refractivity contribution in [2.24, 2.45) is 0 Å². The molecule has 28 heavy (non-hydrogen) atoms. The molecule has 3 aromatic rings. The summed E-state index contributed by atoms with van der Waals surface area (Å²) >= 11 is 0. The molecule has 1 amide bonds. The number of benzene rings is 2. The number of rotatable bonds is 9. The van der Waals surface area contributed by atoms with Crippen LogP contribution in [0.4, 0.5) is 0 Å². The highest BCUT2D eigenvalue weighted by atomic mass is 16.5. The van der Waals surface area contributed by atoms with E-state index in [0.717, 1.165) is 29.7 Å². The Labute approximate surface area is 165 Å². The Balaban J connectivity index is 1.62. The number of hydrogen-bond donors (Lipinski definition) is 1. The van der Waals surface area contributed by atoms with E-state index in [1.807, 2.05) is 67.6 Å². The van der Waals surface area contributed by atoms with Crippen LogP contribution in [0.5, 0.6) is 5.75 Å². The van der Waals surface area contributed by atoms with Crippen molar-refractivity contribution in [2.75, 3.05) is 13.2 Å². The van der Waals surface area contributed by atoms with Gasteiger partial charge in [0.25, 0.3) is 5.91 Å². The van der Waals surface area contributed by atoms with Gasteiger partial charge in [0.05, 0.1) is 18.4 Å². The standard InChI is InChI=1S/C24H25NO3/c1-2-27-23-15-7-6-12-20(23)13-8-16-25-24(26)22(18-21-14-9-17-28-21)19-10-4-3-5-11-19/h3-7,9-12,14-15,17-18H,2,8,13,16H2,1H3,(H,25,26)/b22-18+. The molecule has 0 saturated heterocycles. The van der Waals surface area contributed by atoms with Gasteiger partial charge in [-0.15, -0.1) is 0 Å². The first-order valence-electron chi connectivity index (χ1n) is 9.57. The van der Waals surface area contributed by atoms with Crippen molar-refractivity contribution < 1.29 is 13.9 Å². The quantitative estimate of drug-likeness (QED) is 0.424. The molecule has 0 radical (unpaired) electrons. The van der Waals surface area contributed by atoms with E-state index in [-0.39, 0.29) is 5.91 Å². The van der Waals surface area contributed by atoms with E-state index in [4.69, 9.17) is 9.15 Å². The number of ether oxygens (including phenoxy) is 1. The minimum Gasteiger partial charge on any atom is -0.494 e. The normalized spacial score (nSPS) is 11.2. The summed E-state index contributed by atoms with van der Waals surface area (Å²) < 4.78 is 11.0. The average molecular weight is 375 g/mol. The highest BCUT2D eigenvalue weighted by molar-refractivity contribution is 6.24. The van der Waals surface area contributed by atoms with Crippen LogP contribution in [-0.4, -0.2) is 19.1 Å². The summed E-state index contributed by atoms with van der Waals surface area (Å²) in [7, 11) is 0. The van der Waals surface area contributed by atoms with E-state index >= 15 is 0 Å². The lowest BCUT2D eigenvalue weighted by Crippen LogP contribution is -2.25. The van der Waals surface area contributed by atoms with E-state index in [0.29, 0.717) is 24.5 Å². The first-order chi connectivity index (χ1) is 13.8. The number of aryl methyl sites for hydroxylation is 1. The molecule has 4 heteroatoms. The van der Waals surface area contributed by atoms with Gasteiger partial charge >= 0.3 is 0 Å². The summed E-state index contributed by atoms with van der Waals surface area (Å²) in [4.78, 5) is 12.8. The molecule has 0 unspecified atom stereocenters. The number of furan rings is 1. The van der Waals surface area contributed by atoms with Crippen LogP contribution >= 0.6 is 0 Å². The van der Waals surface area contributed by atoms with Crippen LogP contribution in [-0.2, 0) is 11.2 Å². The minimum absolute atomic E-state index is 0.110. The molecular weight excluding hydrogens is 350 g/mol. The van der Waals surface area contributed by atoms with Crippen LogP contribution < -0.4 is 10.1 Å². The molecule has 0 aliphatic heterocycles. The van der Waals surface area contributed by atoms with Crippen molar-refractivity contribution in [1.29, 1.82) is 0 Å². The van der Waals surface area contributed by atoms with Gasteiger partial charge in [0.1, 0.15) is 11.5 Å². The van der Waals surface area contributed by atoms with Gasteiger partial charge in [0.15, 0.2) is 0 Å². The summed E-state index contributed by atoms with van der Waals surface area (Å²) in [6.45, 7) is 3.21. The maximum absolute atomic E-state index is 12.8. The first-order valence-corrected chi connectivity index (χ1v) is 9.57. The molecule has 1 heterocycles. The van der Waals surface area contributed by atoms with Gasteiger partial charge in [0.2, 0.25) is 0 Å². The fourth-order valence-corrected chi connectivity index (χ4v) is 3.00. The summed E-state index contributed by atoms with van der Waals surface area (Å²) in [5.41, 5.74) is 2.61. The lowest BCUT2D eigenvalue weighted by molar-refractivity contribution is -0.115. The number of nitrogens with one attached hydrogen (secondary N) is 1. The zero-order chi connectivity index (χ0) is 19.6. The predicted molar refractivity (Wildman–Crippen MR) is 112 cm³/mol. The minimum atomic E-state index is -0.110. The monoisotopic (exact) mass is 375 g/mol. The van der Waals surface area contributed by atoms with Gasteiger partial charge in [-0.25, -0.2) is 0 Å². The fourth-order valence-electron chi connectivity index (χ4n) is 3.00. The Morgan fingerprint density at radius 1 is 1.04 bits per heavy atom. The molecule has 0 saturated carbocycles. The number of carbonyl (C=O) groups excluding carboxylic acids is 1. The van der Waals surface area contributed by atoms with E-state index in [2.05, 4.69) is 11.4 Å². The van der Waals surface area contributed by atoms with Gasteiger partial charge in [-0.3, -0.25) is 4.79 Å². The van der Waals surface area contributed by atoms with Gasteiger partial charge in [0, 0.05) is 6.54 Å². The number of carbonyl (C=O) groups is 1. The van der Waals surface area contributed by atoms with Crippen LogP contribution in [0.3, 0.4) is 0 Å². The van der Waals surface area contributed by atoms with Crippen LogP contribution in [0.25, 0.3) is 11.6 Å². The highest BCUT2D eigenvalue weighted by Crippen LogP contribution is 2.20. The summed E-state index contributed by atoms with van der Waals surface area (Å²) in [6, 6.07) is 21.3. The molecule has 3 rings (SSSR count). The third kappa shape index (κ3) is 5.36. The summed E-state index contributed by atoms with van der Waals surface area (Å²) in [5, 5.41) is 3.03. The second kappa shape index (κ2) is 10.2. The van der Waals surface area contributed by atoms with Crippen LogP contribution in [0.15, 0.2) is 77.4 Å². The molecule has 1 aromatic heterocycles. The van der Waals surface area contributed by atoms with Gasteiger partial charge in [-0.1, -0.05) is 48.5 Å². The molecule has 0 fully saturated rings. The maximum atomic E-state index is 12.8. The van der Waals surface area contributed by atoms with Crippen LogP contribution in [0.2, 0.25) is 0 Å². The zero-order valence-corrected chi connectivity index (χ0v) is 16.1. The molecule has 0 spiro atoms. The van der Waals surface area contributed by atoms with Crippen molar-refractivity contribution in [3.05, 3.63) is 89.9 Å². The summed E-state index contributed by atoms with van der Waals surface area (Å²) in [6.07, 6.45) is 5.05. The molecule has 1 N–H and O–H groups in total. The van der Waals surface area contributed by atoms with Gasteiger partial charge < -0.3 is 14.5 Å². The third-order valence-corrected chi connectivity index (χ3v) is 4.34. The zero-order valence-electron chi connectivity index (χ0n) is 16.1. The number of para-hydroxylation sites is 1. The van der Waals surface area contributed by atoms with Crippen molar-refractivity contribution in [2.45, 2.75) is 19.8 Å². The molecule has 0 atom stereocenters. The number of amides is 1. The molecule has 0 aliphatic rings. The highest BCUT2D eigenvalue weighted by Gasteiger charge is 2.12. The van der Waals surface area contributed by atoms with Crippen molar-refractivity contribution in [3.63, 3.8) is 0 Å². The van der Waals surface area contributed by atoms with E-state index in [9.17, 15) is 4.79 Å². The molecule has 0 aliphatic carbocycles. The Morgan fingerprint density at radius 2 is 1.82 bits per heavy atom. The van der Waals surface area contributed by atoms with E-state index in [1.54, 1.807) is 12.3 Å². The second-order valence-electron chi connectivity index (χ2n) is 6.34. The average Bonchev–Trinajstić information content (AvgIpc) is 3.24. The molecule has 0 bridgehead atoms. The van der Waals surface area contributed by atoms with Gasteiger partial charge in [-0.05, 0) is 55.2 Å². The van der Waals surface area contributed by atoms with Crippen molar-refractivity contribution in [1.82, 2.24) is 5.32 Å². The molecular formula is C24H25NO3. The Hall–Kier alpha value is -3.27. The number of hydrogen-bond acceptors (Lipinski definition) is 3. The molecule has 144 valence electrons. The molecule has 4 nitrogen and oxygen atoms in total. The van der Waals surface area contributed by atoms with Crippen LogP contribution in [0.1, 0.15) is 30.2 Å². The van der Waals surface area contributed by atoms with Crippen LogP contribution in [0, 0.1) is 0 Å². The third-order valence-electron chi connectivity index (χ3n) is 4.34. The van der Waals surface area contributed by atoms with Gasteiger partial charge in [-0.2, -0.15) is 0 Å². The largest absolute Gasteiger partial charge is 0.494 e. The topological polar surface area (TPSA) is 51.5 Å². The van der Waals surface area contributed by atoms with Crippen molar-refractivity contribution in [3.8, 4) is 5.75 Å². The molecule has 2 aromatic carbocycles. The Kier molecular flexibility index (Phi) is 7.08. The first kappa shape index (κ1) is 19.5. The maximum Gasteiger partial charge on any atom is 0.252 e. The van der Waals surface area contributed by atoms with Crippen molar-refractivity contribution >= 4 is 17.6 Å². The Morgan fingerprint density at radius 3 is 2.57 bits per heavy atom. The second-order valence-corrected chi connectivity index (χ2v) is 6.34. The lowest BCUT2D eigenvalue weighted by Gasteiger charge is -2.11. The van der Waals surface area contributed by atoms with E-state index in [1.165, 1.54) is 0 Å². The summed E-state index contributed by atoms with van der Waals surface area (Å²) in [5.74, 6) is 1.46.